The van der Waals surface area contributed by atoms with Crippen LogP contribution in [0.15, 0.2) is 18.2 Å². The standard InChI is InChI=1S/C13H16F2N2O/c14-10-4-1-5-11(15)13(10)17-12(18)7-9-3-2-6-16-8-9/h1,4-5,9,16H,2-3,6-8H2,(H,17,18). The van der Waals surface area contributed by atoms with Crippen molar-refractivity contribution in [2.24, 2.45) is 5.92 Å². The average Bonchev–Trinajstić information content (AvgIpc) is 2.35. The van der Waals surface area contributed by atoms with Crippen LogP contribution in [0.1, 0.15) is 19.3 Å². The molecule has 1 aliphatic heterocycles. The van der Waals surface area contributed by atoms with Crippen molar-refractivity contribution < 1.29 is 13.6 Å². The summed E-state index contributed by atoms with van der Waals surface area (Å²) in [5.74, 6) is -1.59. The normalized spacial score (nSPS) is 19.6. The molecule has 1 saturated heterocycles. The number of carbonyl (C=O) groups is 1. The number of halogens is 2. The first-order valence-corrected chi connectivity index (χ1v) is 6.11. The molecular weight excluding hydrogens is 238 g/mol. The Morgan fingerprint density at radius 1 is 1.39 bits per heavy atom. The molecular formula is C13H16F2N2O. The molecule has 2 rings (SSSR count). The van der Waals surface area contributed by atoms with Crippen LogP contribution in [0.4, 0.5) is 14.5 Å². The van der Waals surface area contributed by atoms with Gasteiger partial charge in [0.2, 0.25) is 5.91 Å². The van der Waals surface area contributed by atoms with Crippen LogP contribution < -0.4 is 10.6 Å². The van der Waals surface area contributed by atoms with Gasteiger partial charge in [0.25, 0.3) is 0 Å². The van der Waals surface area contributed by atoms with Gasteiger partial charge in [-0.15, -0.1) is 0 Å². The Kier molecular flexibility index (Phi) is 4.25. The fraction of sp³-hybridized carbons (Fsp3) is 0.462. The number of rotatable bonds is 3. The lowest BCUT2D eigenvalue weighted by Gasteiger charge is -2.22. The largest absolute Gasteiger partial charge is 0.321 e. The monoisotopic (exact) mass is 254 g/mol. The summed E-state index contributed by atoms with van der Waals surface area (Å²) in [4.78, 5) is 11.7. The number of hydrogen-bond acceptors (Lipinski definition) is 2. The van der Waals surface area contributed by atoms with Gasteiger partial charge < -0.3 is 10.6 Å². The molecule has 0 bridgehead atoms. The lowest BCUT2D eigenvalue weighted by atomic mass is 9.96. The topological polar surface area (TPSA) is 41.1 Å². The predicted octanol–water partition coefficient (Wildman–Crippen LogP) is 2.29. The summed E-state index contributed by atoms with van der Waals surface area (Å²) in [6, 6.07) is 3.52. The van der Waals surface area contributed by atoms with Gasteiger partial charge in [0.15, 0.2) is 0 Å². The van der Waals surface area contributed by atoms with Gasteiger partial charge in [0, 0.05) is 6.42 Å². The van der Waals surface area contributed by atoms with E-state index in [0.29, 0.717) is 6.42 Å². The molecule has 0 saturated carbocycles. The van der Waals surface area contributed by atoms with E-state index in [1.807, 2.05) is 0 Å². The average molecular weight is 254 g/mol. The molecule has 1 aromatic rings. The van der Waals surface area contributed by atoms with Gasteiger partial charge in [-0.25, -0.2) is 8.78 Å². The van der Waals surface area contributed by atoms with E-state index in [1.54, 1.807) is 0 Å². The Morgan fingerprint density at radius 2 is 2.11 bits per heavy atom. The Bertz CT molecular complexity index is 411. The van der Waals surface area contributed by atoms with Crippen molar-refractivity contribution in [2.45, 2.75) is 19.3 Å². The van der Waals surface area contributed by atoms with Crippen molar-refractivity contribution in [2.75, 3.05) is 18.4 Å². The zero-order valence-corrected chi connectivity index (χ0v) is 10.0. The Balaban J connectivity index is 1.94. The number of anilines is 1. The van der Waals surface area contributed by atoms with Crippen molar-refractivity contribution in [1.82, 2.24) is 5.32 Å². The second kappa shape index (κ2) is 5.91. The number of carbonyl (C=O) groups excluding carboxylic acids is 1. The third kappa shape index (κ3) is 3.26. The fourth-order valence-corrected chi connectivity index (χ4v) is 2.17. The number of piperidine rings is 1. The summed E-state index contributed by atoms with van der Waals surface area (Å²) in [5.41, 5.74) is -0.355. The Morgan fingerprint density at radius 3 is 2.72 bits per heavy atom. The van der Waals surface area contributed by atoms with Crippen LogP contribution in [0.25, 0.3) is 0 Å². The van der Waals surface area contributed by atoms with Gasteiger partial charge in [0.1, 0.15) is 17.3 Å². The minimum absolute atomic E-state index is 0.244. The van der Waals surface area contributed by atoms with Crippen LogP contribution in [-0.2, 0) is 4.79 Å². The quantitative estimate of drug-likeness (QED) is 0.869. The Labute approximate surface area is 105 Å². The molecule has 2 N–H and O–H groups in total. The van der Waals surface area contributed by atoms with E-state index in [9.17, 15) is 13.6 Å². The van der Waals surface area contributed by atoms with Crippen molar-refractivity contribution in [3.8, 4) is 0 Å². The molecule has 5 heteroatoms. The predicted molar refractivity (Wildman–Crippen MR) is 65.2 cm³/mol. The molecule has 0 aliphatic carbocycles. The molecule has 98 valence electrons. The lowest BCUT2D eigenvalue weighted by Crippen LogP contribution is -2.32. The van der Waals surface area contributed by atoms with Crippen molar-refractivity contribution in [3.05, 3.63) is 29.8 Å². The molecule has 0 spiro atoms. The highest BCUT2D eigenvalue weighted by Gasteiger charge is 2.18. The van der Waals surface area contributed by atoms with Crippen LogP contribution in [-0.4, -0.2) is 19.0 Å². The smallest absolute Gasteiger partial charge is 0.224 e. The molecule has 1 heterocycles. The summed E-state index contributed by atoms with van der Waals surface area (Å²) < 4.78 is 26.6. The van der Waals surface area contributed by atoms with E-state index in [4.69, 9.17) is 0 Å². The molecule has 1 unspecified atom stereocenters. The van der Waals surface area contributed by atoms with E-state index < -0.39 is 11.6 Å². The van der Waals surface area contributed by atoms with Gasteiger partial charge >= 0.3 is 0 Å². The molecule has 3 nitrogen and oxygen atoms in total. The zero-order valence-electron chi connectivity index (χ0n) is 10.0. The van der Waals surface area contributed by atoms with Gasteiger partial charge in [-0.05, 0) is 44.0 Å². The molecule has 0 aromatic heterocycles. The molecule has 1 atom stereocenters. The van der Waals surface area contributed by atoms with Gasteiger partial charge in [-0.1, -0.05) is 6.07 Å². The summed E-state index contributed by atoms with van der Waals surface area (Å²) in [7, 11) is 0. The van der Waals surface area contributed by atoms with Crippen LogP contribution >= 0.6 is 0 Å². The summed E-state index contributed by atoms with van der Waals surface area (Å²) >= 11 is 0. The number of para-hydroxylation sites is 1. The minimum Gasteiger partial charge on any atom is -0.321 e. The van der Waals surface area contributed by atoms with Crippen LogP contribution in [0.2, 0.25) is 0 Å². The van der Waals surface area contributed by atoms with E-state index in [0.717, 1.165) is 38.1 Å². The van der Waals surface area contributed by atoms with Crippen LogP contribution in [0.5, 0.6) is 0 Å². The molecule has 1 aromatic carbocycles. The third-order valence-corrected chi connectivity index (χ3v) is 3.10. The maximum Gasteiger partial charge on any atom is 0.224 e. The van der Waals surface area contributed by atoms with E-state index >= 15 is 0 Å². The lowest BCUT2D eigenvalue weighted by molar-refractivity contribution is -0.117. The minimum atomic E-state index is -0.745. The van der Waals surface area contributed by atoms with Crippen molar-refractivity contribution in [1.29, 1.82) is 0 Å². The fourth-order valence-electron chi connectivity index (χ4n) is 2.17. The molecule has 1 amide bonds. The van der Waals surface area contributed by atoms with Gasteiger partial charge in [-0.3, -0.25) is 4.79 Å². The summed E-state index contributed by atoms with van der Waals surface area (Å²) in [6.07, 6.45) is 2.30. The number of amides is 1. The maximum absolute atomic E-state index is 13.3. The number of nitrogens with one attached hydrogen (secondary N) is 2. The van der Waals surface area contributed by atoms with Crippen molar-refractivity contribution in [3.63, 3.8) is 0 Å². The highest BCUT2D eigenvalue weighted by atomic mass is 19.1. The first-order valence-electron chi connectivity index (χ1n) is 6.11. The first kappa shape index (κ1) is 13.0. The number of hydrogen-bond donors (Lipinski definition) is 2. The second-order valence-electron chi connectivity index (χ2n) is 4.56. The molecule has 18 heavy (non-hydrogen) atoms. The van der Waals surface area contributed by atoms with Gasteiger partial charge in [0.05, 0.1) is 0 Å². The highest BCUT2D eigenvalue weighted by molar-refractivity contribution is 5.91. The third-order valence-electron chi connectivity index (χ3n) is 3.10. The zero-order chi connectivity index (χ0) is 13.0. The Hall–Kier alpha value is -1.49. The van der Waals surface area contributed by atoms with E-state index in [2.05, 4.69) is 10.6 Å². The second-order valence-corrected chi connectivity index (χ2v) is 4.56. The van der Waals surface area contributed by atoms with Crippen LogP contribution in [0.3, 0.4) is 0 Å². The van der Waals surface area contributed by atoms with Gasteiger partial charge in [-0.2, -0.15) is 0 Å². The van der Waals surface area contributed by atoms with Crippen LogP contribution in [0, 0.1) is 17.6 Å². The summed E-state index contributed by atoms with van der Waals surface area (Å²) in [5, 5.41) is 5.51. The van der Waals surface area contributed by atoms with E-state index in [-0.39, 0.29) is 17.5 Å². The van der Waals surface area contributed by atoms with Crippen molar-refractivity contribution >= 4 is 11.6 Å². The van der Waals surface area contributed by atoms with E-state index in [1.165, 1.54) is 6.07 Å². The maximum atomic E-state index is 13.3. The SMILES string of the molecule is O=C(CC1CCCNC1)Nc1c(F)cccc1F. The highest BCUT2D eigenvalue weighted by Crippen LogP contribution is 2.20. The molecule has 1 aliphatic rings. The number of benzene rings is 1. The summed E-state index contributed by atoms with van der Waals surface area (Å²) in [6.45, 7) is 1.76. The molecule has 0 radical (unpaired) electrons. The molecule has 1 fully saturated rings. The first-order chi connectivity index (χ1) is 8.66.